The second kappa shape index (κ2) is 7.07. The van der Waals surface area contributed by atoms with E-state index in [1.165, 1.54) is 13.2 Å². The van der Waals surface area contributed by atoms with E-state index < -0.39 is 11.5 Å². The number of nitrogens with zero attached hydrogens (tertiary/aromatic N) is 1. The van der Waals surface area contributed by atoms with Crippen molar-refractivity contribution in [3.63, 3.8) is 0 Å². The van der Waals surface area contributed by atoms with Crippen molar-refractivity contribution < 1.29 is 18.7 Å². The van der Waals surface area contributed by atoms with E-state index in [1.807, 2.05) is 12.1 Å². The number of hydrogen-bond acceptors (Lipinski definition) is 4. The molecule has 0 bridgehead atoms. The molecule has 1 atom stereocenters. The van der Waals surface area contributed by atoms with Crippen LogP contribution in [-0.4, -0.2) is 35.2 Å². The molecular weight excluding hydrogens is 385 g/mol. The third-order valence-electron chi connectivity index (χ3n) is 4.99. The van der Waals surface area contributed by atoms with Crippen LogP contribution in [0.15, 0.2) is 30.3 Å². The standard InChI is InChI=1S/C20H19ClFN3O3/c1-20(5-6-28-20)19(26)23-10-12-7-11-8-14(21)13(9-16(11)24-12)15-3-4-17(27-2)18(22)25-15/h3-4,7-9,24H,5-6,10H2,1-2H3,(H,23,26)/t20-/m1/s1. The van der Waals surface area contributed by atoms with Gasteiger partial charge in [-0.2, -0.15) is 4.39 Å². The molecule has 3 heterocycles. The average Bonchev–Trinajstić information content (AvgIpc) is 3.05. The van der Waals surface area contributed by atoms with Crippen molar-refractivity contribution >= 4 is 28.4 Å². The average molecular weight is 404 g/mol. The summed E-state index contributed by atoms with van der Waals surface area (Å²) in [7, 11) is 1.38. The highest BCUT2D eigenvalue weighted by atomic mass is 35.5. The maximum absolute atomic E-state index is 14.0. The predicted octanol–water partition coefficient (Wildman–Crippen LogP) is 3.83. The molecule has 1 amide bonds. The normalized spacial score (nSPS) is 18.7. The number of hydrogen-bond donors (Lipinski definition) is 2. The van der Waals surface area contributed by atoms with Gasteiger partial charge < -0.3 is 19.8 Å². The summed E-state index contributed by atoms with van der Waals surface area (Å²) in [6.45, 7) is 2.73. The van der Waals surface area contributed by atoms with Crippen molar-refractivity contribution in [2.45, 2.75) is 25.5 Å². The Kier molecular flexibility index (Phi) is 4.72. The molecule has 0 aliphatic carbocycles. The number of aromatic nitrogens is 2. The molecule has 4 rings (SSSR count). The first-order valence-electron chi connectivity index (χ1n) is 8.84. The van der Waals surface area contributed by atoms with Crippen molar-refractivity contribution in [1.82, 2.24) is 15.3 Å². The van der Waals surface area contributed by atoms with Crippen LogP contribution in [0.3, 0.4) is 0 Å². The van der Waals surface area contributed by atoms with Gasteiger partial charge >= 0.3 is 0 Å². The van der Waals surface area contributed by atoms with Crippen LogP contribution in [-0.2, 0) is 16.1 Å². The Morgan fingerprint density at radius 2 is 2.21 bits per heavy atom. The highest BCUT2D eigenvalue weighted by Gasteiger charge is 2.40. The summed E-state index contributed by atoms with van der Waals surface area (Å²) in [5.41, 5.74) is 1.92. The molecule has 0 saturated carbocycles. The van der Waals surface area contributed by atoms with Crippen LogP contribution in [0.4, 0.5) is 4.39 Å². The lowest BCUT2D eigenvalue weighted by molar-refractivity contribution is -0.171. The summed E-state index contributed by atoms with van der Waals surface area (Å²) in [4.78, 5) is 19.4. The van der Waals surface area contributed by atoms with Crippen molar-refractivity contribution in [1.29, 1.82) is 0 Å². The Hall–Kier alpha value is -2.64. The maximum atomic E-state index is 14.0. The van der Waals surface area contributed by atoms with Crippen molar-refractivity contribution in [2.75, 3.05) is 13.7 Å². The number of carbonyl (C=O) groups is 1. The van der Waals surface area contributed by atoms with Gasteiger partial charge in [0.25, 0.3) is 11.9 Å². The van der Waals surface area contributed by atoms with E-state index in [0.29, 0.717) is 29.4 Å². The second-order valence-electron chi connectivity index (χ2n) is 6.92. The number of nitrogens with one attached hydrogen (secondary N) is 2. The first kappa shape index (κ1) is 18.7. The Bertz CT molecular complexity index is 1060. The molecule has 3 aromatic rings. The molecule has 2 aromatic heterocycles. The van der Waals surface area contributed by atoms with Crippen molar-refractivity contribution in [2.24, 2.45) is 0 Å². The zero-order valence-corrected chi connectivity index (χ0v) is 16.2. The fourth-order valence-electron chi connectivity index (χ4n) is 3.18. The quantitative estimate of drug-likeness (QED) is 0.635. The smallest absolute Gasteiger partial charge is 0.255 e. The van der Waals surface area contributed by atoms with E-state index in [2.05, 4.69) is 15.3 Å². The van der Waals surface area contributed by atoms with Crippen LogP contribution in [0, 0.1) is 5.95 Å². The molecule has 0 radical (unpaired) electrons. The summed E-state index contributed by atoms with van der Waals surface area (Å²) in [6.07, 6.45) is 0.718. The summed E-state index contributed by atoms with van der Waals surface area (Å²) >= 11 is 6.39. The molecule has 1 aromatic carbocycles. The van der Waals surface area contributed by atoms with Crippen LogP contribution < -0.4 is 10.1 Å². The molecule has 6 nitrogen and oxygen atoms in total. The first-order chi connectivity index (χ1) is 13.4. The Labute approximate surface area is 166 Å². The van der Waals surface area contributed by atoms with E-state index in [1.54, 1.807) is 19.1 Å². The number of aromatic amines is 1. The first-order valence-corrected chi connectivity index (χ1v) is 9.22. The molecule has 1 aliphatic rings. The number of amides is 1. The zero-order chi connectivity index (χ0) is 19.9. The molecule has 1 aliphatic heterocycles. The van der Waals surface area contributed by atoms with Gasteiger partial charge in [0.2, 0.25) is 0 Å². The molecule has 0 spiro atoms. The lowest BCUT2D eigenvalue weighted by atomic mass is 9.96. The molecule has 1 fully saturated rings. The molecule has 1 saturated heterocycles. The number of rotatable bonds is 5. The lowest BCUT2D eigenvalue weighted by Crippen LogP contribution is -2.53. The lowest BCUT2D eigenvalue weighted by Gasteiger charge is -2.36. The number of methoxy groups -OCH3 is 1. The number of pyridine rings is 1. The number of carbonyl (C=O) groups excluding carboxylic acids is 1. The molecule has 146 valence electrons. The summed E-state index contributed by atoms with van der Waals surface area (Å²) in [5, 5.41) is 4.22. The Balaban J connectivity index is 1.58. The minimum absolute atomic E-state index is 0.0722. The minimum atomic E-state index is -0.730. The van der Waals surface area contributed by atoms with Gasteiger partial charge in [0.05, 0.1) is 31.0 Å². The summed E-state index contributed by atoms with van der Waals surface area (Å²) in [5.74, 6) is -0.755. The number of ether oxygens (including phenoxy) is 2. The largest absolute Gasteiger partial charge is 0.492 e. The number of benzene rings is 1. The minimum Gasteiger partial charge on any atom is -0.492 e. The zero-order valence-electron chi connectivity index (χ0n) is 15.4. The van der Waals surface area contributed by atoms with Gasteiger partial charge in [-0.3, -0.25) is 4.79 Å². The van der Waals surface area contributed by atoms with Crippen molar-refractivity contribution in [3.8, 4) is 17.0 Å². The van der Waals surface area contributed by atoms with Crippen molar-refractivity contribution in [3.05, 3.63) is 47.0 Å². The fourth-order valence-corrected chi connectivity index (χ4v) is 3.45. The van der Waals surface area contributed by atoms with E-state index >= 15 is 0 Å². The van der Waals surface area contributed by atoms with E-state index in [9.17, 15) is 9.18 Å². The van der Waals surface area contributed by atoms with Gasteiger partial charge in [0, 0.05) is 28.6 Å². The Morgan fingerprint density at radius 1 is 1.43 bits per heavy atom. The van der Waals surface area contributed by atoms with Gasteiger partial charge in [-0.15, -0.1) is 0 Å². The predicted molar refractivity (Wildman–Crippen MR) is 104 cm³/mol. The molecule has 8 heteroatoms. The second-order valence-corrected chi connectivity index (χ2v) is 7.32. The van der Waals surface area contributed by atoms with Gasteiger partial charge in [-0.05, 0) is 37.3 Å². The number of halogens is 2. The van der Waals surface area contributed by atoms with Crippen LogP contribution in [0.2, 0.25) is 5.02 Å². The van der Waals surface area contributed by atoms with Gasteiger partial charge in [0.1, 0.15) is 5.60 Å². The summed E-state index contributed by atoms with van der Waals surface area (Å²) < 4.78 is 24.2. The fraction of sp³-hybridized carbons (Fsp3) is 0.300. The van der Waals surface area contributed by atoms with E-state index in [0.717, 1.165) is 23.0 Å². The van der Waals surface area contributed by atoms with E-state index in [4.69, 9.17) is 21.1 Å². The van der Waals surface area contributed by atoms with Gasteiger partial charge in [-0.1, -0.05) is 11.6 Å². The highest BCUT2D eigenvalue weighted by Crippen LogP contribution is 2.33. The molecule has 0 unspecified atom stereocenters. The third kappa shape index (κ3) is 3.31. The number of H-pyrrole nitrogens is 1. The maximum Gasteiger partial charge on any atom is 0.255 e. The molecular formula is C20H19ClFN3O3. The van der Waals surface area contributed by atoms with Gasteiger partial charge in [0.15, 0.2) is 5.75 Å². The Morgan fingerprint density at radius 3 is 2.86 bits per heavy atom. The third-order valence-corrected chi connectivity index (χ3v) is 5.31. The van der Waals surface area contributed by atoms with Crippen LogP contribution in [0.25, 0.3) is 22.2 Å². The van der Waals surface area contributed by atoms with Crippen LogP contribution >= 0.6 is 11.6 Å². The molecule has 28 heavy (non-hydrogen) atoms. The monoisotopic (exact) mass is 403 g/mol. The topological polar surface area (TPSA) is 76.2 Å². The molecule has 2 N–H and O–H groups in total. The van der Waals surface area contributed by atoms with Gasteiger partial charge in [-0.25, -0.2) is 4.98 Å². The van der Waals surface area contributed by atoms with Crippen LogP contribution in [0.5, 0.6) is 5.75 Å². The summed E-state index contributed by atoms with van der Waals surface area (Å²) in [6, 6.07) is 8.67. The van der Waals surface area contributed by atoms with Crippen LogP contribution in [0.1, 0.15) is 19.0 Å². The number of fused-ring (bicyclic) bond motifs is 1. The highest BCUT2D eigenvalue weighted by molar-refractivity contribution is 6.34. The SMILES string of the molecule is COc1ccc(-c2cc3[nH]c(CNC(=O)[C@@]4(C)CCO4)cc3cc2Cl)nc1F. The van der Waals surface area contributed by atoms with E-state index in [-0.39, 0.29) is 11.7 Å².